The smallest absolute Gasteiger partial charge is 0.269 e. The van der Waals surface area contributed by atoms with Gasteiger partial charge >= 0.3 is 0 Å². The summed E-state index contributed by atoms with van der Waals surface area (Å²) in [5.74, 6) is 0.579. The molecule has 0 aliphatic carbocycles. The average Bonchev–Trinajstić information content (AvgIpc) is 2.57. The predicted molar refractivity (Wildman–Crippen MR) is 87.4 cm³/mol. The van der Waals surface area contributed by atoms with E-state index in [2.05, 4.69) is 4.98 Å². The molecule has 7 heteroatoms. The first-order valence-electron chi connectivity index (χ1n) is 7.40. The molecule has 0 unspecified atom stereocenters. The fourth-order valence-electron chi connectivity index (χ4n) is 2.28. The number of hydrogen-bond acceptors (Lipinski definition) is 5. The summed E-state index contributed by atoms with van der Waals surface area (Å²) in [5.41, 5.74) is 0.759. The molecule has 0 spiro atoms. The van der Waals surface area contributed by atoms with Crippen molar-refractivity contribution in [1.82, 2.24) is 9.88 Å². The van der Waals surface area contributed by atoms with Crippen LogP contribution in [0.1, 0.15) is 5.56 Å². The fraction of sp³-hybridized carbons (Fsp3) is 0.176. The number of carbonyl (C=O) groups is 1. The lowest BCUT2D eigenvalue weighted by molar-refractivity contribution is -0.384. The van der Waals surface area contributed by atoms with E-state index in [1.54, 1.807) is 41.6 Å². The van der Waals surface area contributed by atoms with Gasteiger partial charge in [-0.1, -0.05) is 0 Å². The van der Waals surface area contributed by atoms with Gasteiger partial charge in [-0.3, -0.25) is 19.9 Å². The minimum atomic E-state index is -0.457. The predicted octanol–water partition coefficient (Wildman–Crippen LogP) is 2.29. The summed E-state index contributed by atoms with van der Waals surface area (Å²) in [4.78, 5) is 27.8. The third-order valence-electron chi connectivity index (χ3n) is 3.62. The van der Waals surface area contributed by atoms with Gasteiger partial charge in [0.15, 0.2) is 0 Å². The third-order valence-corrected chi connectivity index (χ3v) is 3.62. The molecule has 1 saturated heterocycles. The number of non-ortho nitro benzene ring substituents is 1. The monoisotopic (exact) mass is 325 g/mol. The largest absolute Gasteiger partial charge is 0.485 e. The highest BCUT2D eigenvalue weighted by atomic mass is 16.6. The number of nitro groups is 1. The minimum Gasteiger partial charge on any atom is -0.485 e. The van der Waals surface area contributed by atoms with Crippen LogP contribution in [0.25, 0.3) is 6.08 Å². The second kappa shape index (κ2) is 6.91. The van der Waals surface area contributed by atoms with E-state index < -0.39 is 4.92 Å². The molecular formula is C17H15N3O4. The van der Waals surface area contributed by atoms with Crippen LogP contribution < -0.4 is 4.74 Å². The molecule has 0 N–H and O–H groups in total. The second-order valence-corrected chi connectivity index (χ2v) is 5.35. The van der Waals surface area contributed by atoms with Gasteiger partial charge in [0.25, 0.3) is 5.69 Å². The van der Waals surface area contributed by atoms with Crippen molar-refractivity contribution >= 4 is 17.7 Å². The number of amides is 1. The van der Waals surface area contributed by atoms with Gasteiger partial charge in [-0.05, 0) is 35.9 Å². The molecule has 7 nitrogen and oxygen atoms in total. The molecule has 0 bridgehead atoms. The van der Waals surface area contributed by atoms with Crippen LogP contribution >= 0.6 is 0 Å². The van der Waals surface area contributed by atoms with Crippen molar-refractivity contribution in [1.29, 1.82) is 0 Å². The Bertz CT molecular complexity index is 753. The Morgan fingerprint density at radius 2 is 2.04 bits per heavy atom. The first-order valence-corrected chi connectivity index (χ1v) is 7.40. The maximum absolute atomic E-state index is 12.0. The lowest BCUT2D eigenvalue weighted by Gasteiger charge is -2.38. The van der Waals surface area contributed by atoms with E-state index in [4.69, 9.17) is 4.74 Å². The normalized spacial score (nSPS) is 14.4. The Morgan fingerprint density at radius 3 is 2.67 bits per heavy atom. The Hall–Kier alpha value is -3.22. The number of nitrogens with zero attached hydrogens (tertiary/aromatic N) is 3. The Balaban J connectivity index is 1.49. The van der Waals surface area contributed by atoms with Crippen LogP contribution in [0.15, 0.2) is 54.9 Å². The molecule has 1 aliphatic heterocycles. The fourth-order valence-corrected chi connectivity index (χ4v) is 2.28. The third kappa shape index (κ3) is 3.75. The van der Waals surface area contributed by atoms with Crippen LogP contribution in [0.2, 0.25) is 0 Å². The molecule has 0 radical (unpaired) electrons. The number of rotatable bonds is 5. The summed E-state index contributed by atoms with van der Waals surface area (Å²) < 4.78 is 5.68. The molecule has 1 fully saturated rings. The molecule has 1 aromatic heterocycles. The Kier molecular flexibility index (Phi) is 4.51. The Morgan fingerprint density at radius 1 is 1.29 bits per heavy atom. The van der Waals surface area contributed by atoms with Gasteiger partial charge in [0.05, 0.1) is 24.2 Å². The number of ether oxygens (including phenoxy) is 1. The summed E-state index contributed by atoms with van der Waals surface area (Å²) in [6.07, 6.45) is 6.39. The number of nitro benzene ring substituents is 1. The summed E-state index contributed by atoms with van der Waals surface area (Å²) >= 11 is 0. The quantitative estimate of drug-likeness (QED) is 0.478. The van der Waals surface area contributed by atoms with Crippen molar-refractivity contribution in [3.8, 4) is 5.75 Å². The first kappa shape index (κ1) is 15.7. The van der Waals surface area contributed by atoms with Crippen molar-refractivity contribution in [3.05, 3.63) is 70.5 Å². The van der Waals surface area contributed by atoms with Crippen LogP contribution in [0, 0.1) is 10.1 Å². The zero-order valence-corrected chi connectivity index (χ0v) is 12.7. The molecule has 2 aromatic rings. The Labute approximate surface area is 138 Å². The summed E-state index contributed by atoms with van der Waals surface area (Å²) in [6, 6.07) is 9.64. The van der Waals surface area contributed by atoms with Crippen LogP contribution in [-0.4, -0.2) is 39.9 Å². The van der Waals surface area contributed by atoms with E-state index in [0.717, 1.165) is 5.56 Å². The maximum atomic E-state index is 12.0. The van der Waals surface area contributed by atoms with Gasteiger partial charge < -0.3 is 9.64 Å². The van der Waals surface area contributed by atoms with Gasteiger partial charge in [0.2, 0.25) is 5.91 Å². The van der Waals surface area contributed by atoms with Gasteiger partial charge in [-0.2, -0.15) is 0 Å². The summed E-state index contributed by atoms with van der Waals surface area (Å²) in [6.45, 7) is 1.05. The molecule has 0 saturated carbocycles. The van der Waals surface area contributed by atoms with Crippen molar-refractivity contribution in [2.24, 2.45) is 0 Å². The zero-order valence-electron chi connectivity index (χ0n) is 12.7. The van der Waals surface area contributed by atoms with E-state index in [-0.39, 0.29) is 17.7 Å². The molecular weight excluding hydrogens is 310 g/mol. The van der Waals surface area contributed by atoms with Crippen molar-refractivity contribution in [3.63, 3.8) is 0 Å². The highest BCUT2D eigenvalue weighted by Crippen LogP contribution is 2.18. The molecule has 122 valence electrons. The highest BCUT2D eigenvalue weighted by Gasteiger charge is 2.31. The first-order chi connectivity index (χ1) is 11.6. The standard InChI is InChI=1S/C17H15N3O4/c21-17(8-5-13-3-6-14(7-4-13)20(22)23)19-11-16(12-19)24-15-2-1-9-18-10-15/h1-10,16H,11-12H2/b8-5+. The van der Waals surface area contributed by atoms with Gasteiger partial charge in [0, 0.05) is 24.4 Å². The van der Waals surface area contributed by atoms with E-state index >= 15 is 0 Å². The summed E-state index contributed by atoms with van der Waals surface area (Å²) in [7, 11) is 0. The summed E-state index contributed by atoms with van der Waals surface area (Å²) in [5, 5.41) is 10.6. The van der Waals surface area contributed by atoms with E-state index in [0.29, 0.717) is 18.8 Å². The van der Waals surface area contributed by atoms with Gasteiger partial charge in [0.1, 0.15) is 11.9 Å². The average molecular weight is 325 g/mol. The molecule has 1 aromatic carbocycles. The lowest BCUT2D eigenvalue weighted by Crippen LogP contribution is -2.55. The van der Waals surface area contributed by atoms with E-state index in [1.807, 2.05) is 6.07 Å². The number of aromatic nitrogens is 1. The molecule has 24 heavy (non-hydrogen) atoms. The van der Waals surface area contributed by atoms with Gasteiger partial charge in [-0.25, -0.2) is 0 Å². The molecule has 2 heterocycles. The van der Waals surface area contributed by atoms with E-state index in [9.17, 15) is 14.9 Å². The highest BCUT2D eigenvalue weighted by molar-refractivity contribution is 5.92. The van der Waals surface area contributed by atoms with Gasteiger partial charge in [-0.15, -0.1) is 0 Å². The molecule has 1 aliphatic rings. The minimum absolute atomic E-state index is 0.0223. The number of carbonyl (C=O) groups excluding carboxylic acids is 1. The molecule has 0 atom stereocenters. The number of pyridine rings is 1. The SMILES string of the molecule is O=C(/C=C/c1ccc([N+](=O)[O-])cc1)N1CC(Oc2cccnc2)C1. The van der Waals surface area contributed by atoms with Crippen molar-refractivity contribution in [2.45, 2.75) is 6.10 Å². The van der Waals surface area contributed by atoms with E-state index in [1.165, 1.54) is 18.2 Å². The number of hydrogen-bond donors (Lipinski definition) is 0. The second-order valence-electron chi connectivity index (χ2n) is 5.35. The molecule has 1 amide bonds. The maximum Gasteiger partial charge on any atom is 0.269 e. The lowest BCUT2D eigenvalue weighted by atomic mass is 10.1. The number of benzene rings is 1. The van der Waals surface area contributed by atoms with Crippen LogP contribution in [0.5, 0.6) is 5.75 Å². The van der Waals surface area contributed by atoms with Crippen LogP contribution in [0.3, 0.4) is 0 Å². The zero-order chi connectivity index (χ0) is 16.9. The van der Waals surface area contributed by atoms with Crippen LogP contribution in [0.4, 0.5) is 5.69 Å². The topological polar surface area (TPSA) is 85.6 Å². The van der Waals surface area contributed by atoms with Crippen LogP contribution in [-0.2, 0) is 4.79 Å². The number of likely N-dealkylation sites (tertiary alicyclic amines) is 1. The van der Waals surface area contributed by atoms with Crippen molar-refractivity contribution < 1.29 is 14.5 Å². The molecule has 3 rings (SSSR count). The van der Waals surface area contributed by atoms with Crippen molar-refractivity contribution in [2.75, 3.05) is 13.1 Å².